The molecule has 54 valence electrons. The Morgan fingerprint density at radius 3 is 2.00 bits per heavy atom. The van der Waals surface area contributed by atoms with Crippen LogP contribution in [0, 0.1) is 0 Å². The van der Waals surface area contributed by atoms with E-state index in [4.69, 9.17) is 12.2 Å². The molecule has 0 aromatic heterocycles. The molecule has 0 aromatic rings. The predicted molar refractivity (Wildman–Crippen MR) is 52.3 cm³/mol. The van der Waals surface area contributed by atoms with E-state index in [2.05, 4.69) is 17.5 Å². The monoisotopic (exact) mass is 359 g/mol. The van der Waals surface area contributed by atoms with Gasteiger partial charge in [-0.2, -0.15) is 0 Å². The molecular weight excluding hydrogens is 347 g/mol. The average Bonchev–Trinajstić information content (AvgIpc) is 2.12. The first-order valence-corrected chi connectivity index (χ1v) is 3.64. The van der Waals surface area contributed by atoms with Gasteiger partial charge in [-0.25, -0.2) is 0 Å². The Morgan fingerprint density at radius 1 is 1.33 bits per heavy atom. The molecule has 0 saturated carbocycles. The van der Waals surface area contributed by atoms with E-state index in [0.29, 0.717) is 0 Å². The van der Waals surface area contributed by atoms with E-state index in [1.54, 1.807) is 0 Å². The Hall–Kier alpha value is 1.12. The minimum absolute atomic E-state index is 0. The van der Waals surface area contributed by atoms with Crippen LogP contribution in [0.5, 0.6) is 0 Å². The van der Waals surface area contributed by atoms with Gasteiger partial charge in [0.1, 0.15) is 4.32 Å². The Balaban J connectivity index is 0.000000640. The van der Waals surface area contributed by atoms with Crippen LogP contribution in [-0.4, -0.2) is 48.5 Å². The first kappa shape index (κ1) is 10.1. The van der Waals surface area contributed by atoms with E-state index in [1.165, 1.54) is 12.8 Å². The van der Waals surface area contributed by atoms with E-state index >= 15 is 0 Å². The fourth-order valence-electron chi connectivity index (χ4n) is 0.908. The fourth-order valence-corrected chi connectivity index (χ4v) is 1.29. The molecule has 0 atom stereocenters. The third-order valence-electron chi connectivity index (χ3n) is 1.38. The van der Waals surface area contributed by atoms with Gasteiger partial charge in [0.25, 0.3) is 0 Å². The molecular formula is C5H12BiNS2. The van der Waals surface area contributed by atoms with Gasteiger partial charge in [-0.1, -0.05) is 12.2 Å². The molecule has 4 heteroatoms. The molecule has 0 unspecified atom stereocenters. The molecule has 1 rings (SSSR count). The number of hydrogen-bond donors (Lipinski definition) is 1. The molecule has 1 aliphatic heterocycles. The summed E-state index contributed by atoms with van der Waals surface area (Å²) in [5.74, 6) is 0. The Bertz CT molecular complexity index is 101. The van der Waals surface area contributed by atoms with Gasteiger partial charge < -0.3 is 4.90 Å². The second-order valence-electron chi connectivity index (χ2n) is 1.98. The summed E-state index contributed by atoms with van der Waals surface area (Å²) in [5.41, 5.74) is 0. The van der Waals surface area contributed by atoms with Crippen molar-refractivity contribution in [3.63, 3.8) is 0 Å². The second kappa shape index (κ2) is 4.87. The Labute approximate surface area is 85.7 Å². The summed E-state index contributed by atoms with van der Waals surface area (Å²) >= 11 is 8.90. The molecule has 0 radical (unpaired) electrons. The first-order chi connectivity index (χ1) is 3.80. The van der Waals surface area contributed by atoms with E-state index in [9.17, 15) is 0 Å². The molecule has 1 heterocycles. The Morgan fingerprint density at radius 2 is 1.78 bits per heavy atom. The van der Waals surface area contributed by atoms with Gasteiger partial charge in [0.15, 0.2) is 0 Å². The summed E-state index contributed by atoms with van der Waals surface area (Å²) in [5, 5.41) is 0. The topological polar surface area (TPSA) is 3.24 Å². The first-order valence-electron chi connectivity index (χ1n) is 2.78. The molecule has 0 aromatic carbocycles. The van der Waals surface area contributed by atoms with Crippen molar-refractivity contribution in [3.8, 4) is 0 Å². The van der Waals surface area contributed by atoms with Crippen LogP contribution in [0.15, 0.2) is 0 Å². The molecule has 1 saturated heterocycles. The number of hydrogen-bond acceptors (Lipinski definition) is 1. The van der Waals surface area contributed by atoms with Crippen LogP contribution in [0.4, 0.5) is 0 Å². The van der Waals surface area contributed by atoms with Crippen LogP contribution in [-0.2, 0) is 0 Å². The van der Waals surface area contributed by atoms with Gasteiger partial charge in [0.2, 0.25) is 0 Å². The van der Waals surface area contributed by atoms with Crippen molar-refractivity contribution in [1.82, 2.24) is 4.90 Å². The minimum atomic E-state index is 0. The van der Waals surface area contributed by atoms with Crippen molar-refractivity contribution in [2.24, 2.45) is 0 Å². The van der Waals surface area contributed by atoms with Gasteiger partial charge in [-0.05, 0) is 12.8 Å². The summed E-state index contributed by atoms with van der Waals surface area (Å²) in [6.07, 6.45) is 2.56. The van der Waals surface area contributed by atoms with Crippen molar-refractivity contribution in [2.45, 2.75) is 12.8 Å². The van der Waals surface area contributed by atoms with Crippen LogP contribution >= 0.6 is 24.8 Å². The normalized spacial score (nSPS) is 17.2. The molecule has 1 fully saturated rings. The van der Waals surface area contributed by atoms with E-state index < -0.39 is 0 Å². The van der Waals surface area contributed by atoms with Crippen LogP contribution in [0.2, 0.25) is 0 Å². The maximum absolute atomic E-state index is 4.85. The van der Waals surface area contributed by atoms with E-state index in [0.717, 1.165) is 17.4 Å². The van der Waals surface area contributed by atoms with Crippen molar-refractivity contribution in [2.75, 3.05) is 13.1 Å². The summed E-state index contributed by atoms with van der Waals surface area (Å²) in [7, 11) is 0. The molecule has 0 N–H and O–H groups in total. The van der Waals surface area contributed by atoms with Crippen molar-refractivity contribution in [1.29, 1.82) is 0 Å². The summed E-state index contributed by atoms with van der Waals surface area (Å²) in [4.78, 5) is 2.12. The Kier molecular flexibility index (Phi) is 5.47. The van der Waals surface area contributed by atoms with E-state index in [-0.39, 0.29) is 26.2 Å². The molecule has 0 bridgehead atoms. The van der Waals surface area contributed by atoms with Crippen molar-refractivity contribution in [3.05, 3.63) is 0 Å². The average molecular weight is 359 g/mol. The maximum atomic E-state index is 4.85. The molecule has 9 heavy (non-hydrogen) atoms. The predicted octanol–water partition coefficient (Wildman–Crippen LogP) is 0.113. The zero-order chi connectivity index (χ0) is 5.98. The van der Waals surface area contributed by atoms with Gasteiger partial charge >= 0.3 is 26.2 Å². The standard InChI is InChI=1S/C5H9NS2.Bi.3H/c7-5(8)6-3-1-2-4-6;;;;/h1-4H2,(H,7,8);;;;. The number of rotatable bonds is 0. The van der Waals surface area contributed by atoms with Gasteiger partial charge in [-0.15, -0.1) is 12.6 Å². The van der Waals surface area contributed by atoms with Gasteiger partial charge in [-0.3, -0.25) is 0 Å². The molecule has 1 nitrogen and oxygen atoms in total. The molecule has 1 aliphatic rings. The molecule has 0 aliphatic carbocycles. The van der Waals surface area contributed by atoms with Gasteiger partial charge in [0, 0.05) is 13.1 Å². The number of likely N-dealkylation sites (tertiary alicyclic amines) is 1. The number of thiol groups is 1. The SMILES string of the molecule is S=C(S)N1CCCC1.[BiH3]. The third kappa shape index (κ3) is 3.15. The zero-order valence-corrected chi connectivity index (χ0v) is 12.5. The summed E-state index contributed by atoms with van der Waals surface area (Å²) < 4.78 is 0.752. The zero-order valence-electron chi connectivity index (χ0n) is 5.34. The molecule has 0 amide bonds. The number of nitrogens with zero attached hydrogens (tertiary/aromatic N) is 1. The van der Waals surface area contributed by atoms with Crippen LogP contribution < -0.4 is 0 Å². The quantitative estimate of drug-likeness (QED) is 0.372. The summed E-state index contributed by atoms with van der Waals surface area (Å²) in [6, 6.07) is 0. The van der Waals surface area contributed by atoms with Gasteiger partial charge in [0.05, 0.1) is 0 Å². The third-order valence-corrected chi connectivity index (χ3v) is 1.92. The van der Waals surface area contributed by atoms with Crippen molar-refractivity contribution >= 4 is 55.4 Å². The second-order valence-corrected chi connectivity index (χ2v) is 3.09. The molecule has 0 spiro atoms. The number of thiocarbonyl (C=S) groups is 1. The fraction of sp³-hybridized carbons (Fsp3) is 0.800. The van der Waals surface area contributed by atoms with Crippen LogP contribution in [0.1, 0.15) is 12.8 Å². The van der Waals surface area contributed by atoms with E-state index in [1.807, 2.05) is 0 Å². The van der Waals surface area contributed by atoms with Crippen molar-refractivity contribution < 1.29 is 0 Å². The van der Waals surface area contributed by atoms with Crippen LogP contribution in [0.25, 0.3) is 0 Å². The van der Waals surface area contributed by atoms with Crippen LogP contribution in [0.3, 0.4) is 0 Å². The summed E-state index contributed by atoms with van der Waals surface area (Å²) in [6.45, 7) is 2.23.